The number of benzene rings is 1. The lowest BCUT2D eigenvalue weighted by Gasteiger charge is -2.23. The summed E-state index contributed by atoms with van der Waals surface area (Å²) in [6.45, 7) is 4.79. The number of sulfonamides is 1. The topological polar surface area (TPSA) is 79.6 Å². The van der Waals surface area contributed by atoms with E-state index in [0.717, 1.165) is 29.7 Å². The van der Waals surface area contributed by atoms with Gasteiger partial charge in [0.2, 0.25) is 15.9 Å². The minimum absolute atomic E-state index is 0.0667. The van der Waals surface area contributed by atoms with Gasteiger partial charge in [-0.3, -0.25) is 9.10 Å². The minimum Gasteiger partial charge on any atom is -0.469 e. The summed E-state index contributed by atoms with van der Waals surface area (Å²) in [7, 11) is -3.40. The summed E-state index contributed by atoms with van der Waals surface area (Å²) in [4.78, 5) is 12.0. The standard InChI is InChI=1S/C20H28N2O4S/c1-16-10-11-18(15-17(16)2)22(27(3,24)25)13-5-9-20(23)21-12-4-7-19-8-6-14-26-19/h6,8,10-11,14-15H,4-5,7,9,12-13H2,1-3H3,(H,21,23). The SMILES string of the molecule is Cc1ccc(N(CCCC(=O)NCCCc2ccco2)S(C)(=O)=O)cc1C. The van der Waals surface area contributed by atoms with Crippen LogP contribution < -0.4 is 9.62 Å². The van der Waals surface area contributed by atoms with Crippen LogP contribution in [0.1, 0.15) is 36.1 Å². The van der Waals surface area contributed by atoms with Crippen LogP contribution in [0.4, 0.5) is 5.69 Å². The number of rotatable bonds is 10. The van der Waals surface area contributed by atoms with E-state index in [1.54, 1.807) is 12.3 Å². The van der Waals surface area contributed by atoms with Crippen LogP contribution in [0.25, 0.3) is 0 Å². The molecular formula is C20H28N2O4S. The second kappa shape index (κ2) is 9.60. The Labute approximate surface area is 161 Å². The molecule has 0 aliphatic carbocycles. The third-order valence-corrected chi connectivity index (χ3v) is 5.64. The molecule has 0 unspecified atom stereocenters. The highest BCUT2D eigenvalue weighted by Crippen LogP contribution is 2.21. The number of hydrogen-bond acceptors (Lipinski definition) is 4. The van der Waals surface area contributed by atoms with Gasteiger partial charge in [-0.2, -0.15) is 0 Å². The molecule has 6 nitrogen and oxygen atoms in total. The van der Waals surface area contributed by atoms with Crippen molar-refractivity contribution < 1.29 is 17.6 Å². The van der Waals surface area contributed by atoms with Gasteiger partial charge in [-0.1, -0.05) is 6.07 Å². The van der Waals surface area contributed by atoms with Crippen molar-refractivity contribution in [1.29, 1.82) is 0 Å². The maximum atomic E-state index is 12.1. The maximum absolute atomic E-state index is 12.1. The number of nitrogens with one attached hydrogen (secondary N) is 1. The van der Waals surface area contributed by atoms with Crippen LogP contribution in [0.2, 0.25) is 0 Å². The molecule has 0 atom stereocenters. The number of nitrogens with zero attached hydrogens (tertiary/aromatic N) is 1. The molecule has 0 saturated heterocycles. The van der Waals surface area contributed by atoms with Crippen molar-refractivity contribution in [3.05, 3.63) is 53.5 Å². The fourth-order valence-electron chi connectivity index (χ4n) is 2.78. The Kier molecular flexibility index (Phi) is 7.47. The predicted molar refractivity (Wildman–Crippen MR) is 107 cm³/mol. The van der Waals surface area contributed by atoms with Gasteiger partial charge in [0, 0.05) is 25.9 Å². The van der Waals surface area contributed by atoms with Crippen LogP contribution in [-0.2, 0) is 21.2 Å². The number of anilines is 1. The van der Waals surface area contributed by atoms with Crippen LogP contribution in [0.5, 0.6) is 0 Å². The van der Waals surface area contributed by atoms with E-state index in [-0.39, 0.29) is 18.9 Å². The molecule has 1 amide bonds. The number of carbonyl (C=O) groups excluding carboxylic acids is 1. The fourth-order valence-corrected chi connectivity index (χ4v) is 3.74. The number of hydrogen-bond donors (Lipinski definition) is 1. The third kappa shape index (κ3) is 6.75. The quantitative estimate of drug-likeness (QED) is 0.630. The highest BCUT2D eigenvalue weighted by Gasteiger charge is 2.18. The normalized spacial score (nSPS) is 11.4. The molecule has 1 N–H and O–H groups in total. The molecule has 0 aliphatic heterocycles. The average molecular weight is 393 g/mol. The summed E-state index contributed by atoms with van der Waals surface area (Å²) in [5.41, 5.74) is 2.79. The zero-order valence-corrected chi connectivity index (χ0v) is 17.0. The van der Waals surface area contributed by atoms with Gasteiger partial charge in [0.05, 0.1) is 18.2 Å². The van der Waals surface area contributed by atoms with Crippen LogP contribution in [0, 0.1) is 13.8 Å². The Morgan fingerprint density at radius 2 is 1.93 bits per heavy atom. The molecule has 0 radical (unpaired) electrons. The summed E-state index contributed by atoms with van der Waals surface area (Å²) in [5.74, 6) is 0.837. The molecule has 2 aromatic rings. The lowest BCUT2D eigenvalue weighted by molar-refractivity contribution is -0.121. The Balaban J connectivity index is 1.79. The van der Waals surface area contributed by atoms with E-state index in [4.69, 9.17) is 4.42 Å². The van der Waals surface area contributed by atoms with E-state index in [1.165, 1.54) is 10.6 Å². The Morgan fingerprint density at radius 1 is 1.15 bits per heavy atom. The number of furan rings is 1. The van der Waals surface area contributed by atoms with Crippen LogP contribution in [0.3, 0.4) is 0 Å². The fraction of sp³-hybridized carbons (Fsp3) is 0.450. The van der Waals surface area contributed by atoms with Crippen LogP contribution >= 0.6 is 0 Å². The Hall–Kier alpha value is -2.28. The number of aryl methyl sites for hydroxylation is 3. The molecule has 0 fully saturated rings. The zero-order chi connectivity index (χ0) is 19.9. The number of carbonyl (C=O) groups is 1. The Morgan fingerprint density at radius 3 is 2.56 bits per heavy atom. The first-order valence-electron chi connectivity index (χ1n) is 9.11. The highest BCUT2D eigenvalue weighted by molar-refractivity contribution is 7.92. The summed E-state index contributed by atoms with van der Waals surface area (Å²) in [6, 6.07) is 9.34. The smallest absolute Gasteiger partial charge is 0.232 e. The lowest BCUT2D eigenvalue weighted by atomic mass is 10.1. The molecule has 0 aliphatic rings. The molecule has 148 valence electrons. The summed E-state index contributed by atoms with van der Waals surface area (Å²) < 4.78 is 30.9. The van der Waals surface area contributed by atoms with E-state index in [0.29, 0.717) is 18.7 Å². The maximum Gasteiger partial charge on any atom is 0.232 e. The van der Waals surface area contributed by atoms with Gasteiger partial charge < -0.3 is 9.73 Å². The second-order valence-corrected chi connectivity index (χ2v) is 8.65. The molecule has 0 spiro atoms. The van der Waals surface area contributed by atoms with Crippen molar-refractivity contribution in [1.82, 2.24) is 5.32 Å². The van der Waals surface area contributed by atoms with Gasteiger partial charge in [-0.15, -0.1) is 0 Å². The summed E-state index contributed by atoms with van der Waals surface area (Å²) >= 11 is 0. The molecule has 27 heavy (non-hydrogen) atoms. The Bertz CT molecular complexity index is 845. The molecule has 7 heteroatoms. The second-order valence-electron chi connectivity index (χ2n) is 6.74. The monoisotopic (exact) mass is 392 g/mol. The van der Waals surface area contributed by atoms with E-state index in [1.807, 2.05) is 38.1 Å². The van der Waals surface area contributed by atoms with Crippen molar-refractivity contribution in [2.24, 2.45) is 0 Å². The zero-order valence-electron chi connectivity index (χ0n) is 16.2. The van der Waals surface area contributed by atoms with E-state index in [9.17, 15) is 13.2 Å². The van der Waals surface area contributed by atoms with Crippen molar-refractivity contribution in [3.63, 3.8) is 0 Å². The summed E-state index contributed by atoms with van der Waals surface area (Å²) in [5, 5.41) is 2.87. The lowest BCUT2D eigenvalue weighted by Crippen LogP contribution is -2.32. The first kappa shape index (κ1) is 21.0. The van der Waals surface area contributed by atoms with Gasteiger partial charge in [-0.25, -0.2) is 8.42 Å². The average Bonchev–Trinajstić information content (AvgIpc) is 3.11. The first-order chi connectivity index (χ1) is 12.8. The molecular weight excluding hydrogens is 364 g/mol. The largest absolute Gasteiger partial charge is 0.469 e. The van der Waals surface area contributed by atoms with Crippen molar-refractivity contribution in [3.8, 4) is 0 Å². The van der Waals surface area contributed by atoms with Crippen molar-refractivity contribution >= 4 is 21.6 Å². The van der Waals surface area contributed by atoms with Crippen molar-refractivity contribution in [2.45, 2.75) is 39.5 Å². The van der Waals surface area contributed by atoms with Gasteiger partial charge in [0.15, 0.2) is 0 Å². The van der Waals surface area contributed by atoms with E-state index < -0.39 is 10.0 Å². The van der Waals surface area contributed by atoms with Gasteiger partial charge in [0.1, 0.15) is 5.76 Å². The van der Waals surface area contributed by atoms with Gasteiger partial charge >= 0.3 is 0 Å². The molecule has 0 saturated carbocycles. The van der Waals surface area contributed by atoms with E-state index in [2.05, 4.69) is 5.32 Å². The molecule has 2 rings (SSSR count). The third-order valence-electron chi connectivity index (χ3n) is 4.45. The number of amides is 1. The molecule has 1 aromatic heterocycles. The predicted octanol–water partition coefficient (Wildman–Crippen LogP) is 3.19. The van der Waals surface area contributed by atoms with Gasteiger partial charge in [-0.05, 0) is 62.1 Å². The first-order valence-corrected chi connectivity index (χ1v) is 11.0. The summed E-state index contributed by atoms with van der Waals surface area (Å²) in [6.07, 6.45) is 5.16. The van der Waals surface area contributed by atoms with Gasteiger partial charge in [0.25, 0.3) is 0 Å². The van der Waals surface area contributed by atoms with Crippen LogP contribution in [0.15, 0.2) is 41.0 Å². The molecule has 0 bridgehead atoms. The minimum atomic E-state index is -3.40. The molecule has 1 heterocycles. The van der Waals surface area contributed by atoms with Crippen molar-refractivity contribution in [2.75, 3.05) is 23.7 Å². The van der Waals surface area contributed by atoms with E-state index >= 15 is 0 Å². The highest BCUT2D eigenvalue weighted by atomic mass is 32.2. The van der Waals surface area contributed by atoms with Crippen LogP contribution in [-0.4, -0.2) is 33.7 Å². The molecule has 1 aromatic carbocycles.